The number of furan rings is 1. The smallest absolute Gasteiger partial charge is 0.400 e. The van der Waals surface area contributed by atoms with Gasteiger partial charge in [-0.15, -0.1) is 0 Å². The van der Waals surface area contributed by atoms with E-state index in [9.17, 15) is 10.1 Å². The normalized spacial score (nSPS) is 11.2. The van der Waals surface area contributed by atoms with Crippen LogP contribution < -0.4 is 0 Å². The highest BCUT2D eigenvalue weighted by atomic mass is 16.6. The Labute approximate surface area is 114 Å². The third kappa shape index (κ3) is 2.29. The second-order valence-corrected chi connectivity index (χ2v) is 4.19. The van der Waals surface area contributed by atoms with Crippen molar-refractivity contribution in [2.45, 2.75) is 0 Å². The molecule has 0 spiro atoms. The van der Waals surface area contributed by atoms with E-state index in [0.717, 1.165) is 16.5 Å². The van der Waals surface area contributed by atoms with Gasteiger partial charge < -0.3 is 4.42 Å². The molecule has 0 bridgehead atoms. The molecule has 0 atom stereocenters. The maximum atomic E-state index is 10.5. The van der Waals surface area contributed by atoms with Gasteiger partial charge in [0.2, 0.25) is 0 Å². The zero-order valence-corrected chi connectivity index (χ0v) is 10.4. The lowest BCUT2D eigenvalue weighted by molar-refractivity contribution is -0.402. The predicted octanol–water partition coefficient (Wildman–Crippen LogP) is 4.09. The Balaban J connectivity index is 1.96. The van der Waals surface area contributed by atoms with E-state index in [1.165, 1.54) is 18.3 Å². The van der Waals surface area contributed by atoms with Gasteiger partial charge in [-0.05, 0) is 17.5 Å². The number of fused-ring (bicyclic) bond motifs is 1. The van der Waals surface area contributed by atoms with Crippen molar-refractivity contribution >= 4 is 28.6 Å². The molecule has 0 aliphatic rings. The SMILES string of the molecule is O=[N+]([O-])c1ccc(C=Nc2cccc3ccccc23)o1. The standard InChI is InChI=1S/C15H10N2O3/c18-17(19)15-9-8-12(20-15)10-16-14-7-3-5-11-4-1-2-6-13(11)14/h1-10H. The molecule has 0 saturated heterocycles. The second kappa shape index (κ2) is 4.97. The molecule has 1 aromatic heterocycles. The molecular formula is C15H10N2O3. The first-order chi connectivity index (χ1) is 9.74. The maximum Gasteiger partial charge on any atom is 0.433 e. The molecule has 0 N–H and O–H groups in total. The lowest BCUT2D eigenvalue weighted by atomic mass is 10.1. The number of benzene rings is 2. The minimum Gasteiger partial charge on any atom is -0.400 e. The van der Waals surface area contributed by atoms with Crippen LogP contribution in [0.5, 0.6) is 0 Å². The van der Waals surface area contributed by atoms with Crippen LogP contribution in [0.4, 0.5) is 11.6 Å². The van der Waals surface area contributed by atoms with E-state index in [-0.39, 0.29) is 5.88 Å². The van der Waals surface area contributed by atoms with Crippen molar-refractivity contribution in [3.8, 4) is 0 Å². The summed E-state index contributed by atoms with van der Waals surface area (Å²) in [5, 5.41) is 12.6. The van der Waals surface area contributed by atoms with Crippen LogP contribution >= 0.6 is 0 Å². The second-order valence-electron chi connectivity index (χ2n) is 4.19. The number of hydrogen-bond acceptors (Lipinski definition) is 4. The molecule has 0 aliphatic heterocycles. The average molecular weight is 266 g/mol. The van der Waals surface area contributed by atoms with Gasteiger partial charge in [0.15, 0.2) is 5.76 Å². The summed E-state index contributed by atoms with van der Waals surface area (Å²) >= 11 is 0. The molecule has 0 fully saturated rings. The fourth-order valence-electron chi connectivity index (χ4n) is 1.96. The molecule has 3 rings (SSSR count). The van der Waals surface area contributed by atoms with Gasteiger partial charge in [-0.25, -0.2) is 0 Å². The Morgan fingerprint density at radius 1 is 1.05 bits per heavy atom. The average Bonchev–Trinajstić information content (AvgIpc) is 2.94. The van der Waals surface area contributed by atoms with Gasteiger partial charge in [0.25, 0.3) is 0 Å². The minimum atomic E-state index is -0.574. The molecule has 0 amide bonds. The molecule has 0 radical (unpaired) electrons. The summed E-state index contributed by atoms with van der Waals surface area (Å²) in [5.41, 5.74) is 0.794. The summed E-state index contributed by atoms with van der Waals surface area (Å²) in [6.45, 7) is 0. The molecule has 5 nitrogen and oxygen atoms in total. The zero-order valence-electron chi connectivity index (χ0n) is 10.4. The van der Waals surface area contributed by atoms with Crippen LogP contribution in [-0.2, 0) is 0 Å². The minimum absolute atomic E-state index is 0.288. The topological polar surface area (TPSA) is 68.6 Å². The lowest BCUT2D eigenvalue weighted by Gasteiger charge is -2.00. The van der Waals surface area contributed by atoms with Crippen molar-refractivity contribution in [1.82, 2.24) is 0 Å². The summed E-state index contributed by atoms with van der Waals surface area (Å²) in [4.78, 5) is 14.3. The molecule has 5 heteroatoms. The van der Waals surface area contributed by atoms with Crippen molar-refractivity contribution in [3.05, 3.63) is 70.5 Å². The number of aliphatic imine (C=N–C) groups is 1. The molecule has 3 aromatic rings. The van der Waals surface area contributed by atoms with E-state index in [1.807, 2.05) is 42.5 Å². The van der Waals surface area contributed by atoms with Crippen molar-refractivity contribution in [3.63, 3.8) is 0 Å². The monoisotopic (exact) mass is 266 g/mol. The van der Waals surface area contributed by atoms with Crippen LogP contribution in [0.25, 0.3) is 10.8 Å². The van der Waals surface area contributed by atoms with E-state index in [0.29, 0.717) is 5.76 Å². The van der Waals surface area contributed by atoms with Crippen LogP contribution in [0.15, 0.2) is 64.0 Å². The van der Waals surface area contributed by atoms with E-state index < -0.39 is 4.92 Å². The number of nitro groups is 1. The first kappa shape index (κ1) is 12.1. The van der Waals surface area contributed by atoms with E-state index in [1.54, 1.807) is 0 Å². The van der Waals surface area contributed by atoms with Crippen LogP contribution in [-0.4, -0.2) is 11.1 Å². The Morgan fingerprint density at radius 2 is 1.85 bits per heavy atom. The molecular weight excluding hydrogens is 256 g/mol. The van der Waals surface area contributed by atoms with Gasteiger partial charge in [0, 0.05) is 5.39 Å². The maximum absolute atomic E-state index is 10.5. The van der Waals surface area contributed by atoms with Crippen molar-refractivity contribution in [1.29, 1.82) is 0 Å². The molecule has 1 heterocycles. The Bertz CT molecular complexity index is 800. The quantitative estimate of drug-likeness (QED) is 0.407. The predicted molar refractivity (Wildman–Crippen MR) is 76.6 cm³/mol. The van der Waals surface area contributed by atoms with Gasteiger partial charge in [-0.1, -0.05) is 36.4 Å². The fraction of sp³-hybridized carbons (Fsp3) is 0. The Kier molecular flexibility index (Phi) is 3.01. The van der Waals surface area contributed by atoms with Crippen LogP contribution in [0.3, 0.4) is 0 Å². The Morgan fingerprint density at radius 3 is 2.65 bits per heavy atom. The van der Waals surface area contributed by atoms with E-state index in [4.69, 9.17) is 4.42 Å². The Hall–Kier alpha value is -2.95. The summed E-state index contributed by atoms with van der Waals surface area (Å²) < 4.78 is 5.03. The zero-order chi connectivity index (χ0) is 13.9. The molecule has 0 unspecified atom stereocenters. The van der Waals surface area contributed by atoms with Crippen molar-refractivity contribution in [2.75, 3.05) is 0 Å². The summed E-state index contributed by atoms with van der Waals surface area (Å²) in [6.07, 6.45) is 1.48. The highest BCUT2D eigenvalue weighted by molar-refractivity contribution is 5.94. The number of hydrogen-bond donors (Lipinski definition) is 0. The third-order valence-electron chi connectivity index (χ3n) is 2.89. The third-order valence-corrected chi connectivity index (χ3v) is 2.89. The van der Waals surface area contributed by atoms with Crippen LogP contribution in [0.1, 0.15) is 5.76 Å². The fourth-order valence-corrected chi connectivity index (χ4v) is 1.96. The first-order valence-electron chi connectivity index (χ1n) is 6.00. The van der Waals surface area contributed by atoms with Crippen LogP contribution in [0, 0.1) is 10.1 Å². The van der Waals surface area contributed by atoms with Gasteiger partial charge in [0.1, 0.15) is 4.92 Å². The van der Waals surface area contributed by atoms with E-state index >= 15 is 0 Å². The van der Waals surface area contributed by atoms with Crippen LogP contribution in [0.2, 0.25) is 0 Å². The van der Waals surface area contributed by atoms with Gasteiger partial charge in [-0.3, -0.25) is 15.1 Å². The lowest BCUT2D eigenvalue weighted by Crippen LogP contribution is -1.83. The first-order valence-corrected chi connectivity index (χ1v) is 6.00. The molecule has 2 aromatic carbocycles. The van der Waals surface area contributed by atoms with Gasteiger partial charge in [-0.2, -0.15) is 0 Å². The van der Waals surface area contributed by atoms with E-state index in [2.05, 4.69) is 4.99 Å². The molecule has 20 heavy (non-hydrogen) atoms. The van der Waals surface area contributed by atoms with Gasteiger partial charge in [0.05, 0.1) is 18.0 Å². The molecule has 98 valence electrons. The highest BCUT2D eigenvalue weighted by Crippen LogP contribution is 2.25. The molecule has 0 aliphatic carbocycles. The largest absolute Gasteiger partial charge is 0.433 e. The summed E-state index contributed by atoms with van der Waals surface area (Å²) in [5.74, 6) is 0.0639. The van der Waals surface area contributed by atoms with Crippen molar-refractivity contribution in [2.24, 2.45) is 4.99 Å². The van der Waals surface area contributed by atoms with Gasteiger partial charge >= 0.3 is 5.88 Å². The summed E-state index contributed by atoms with van der Waals surface area (Å²) in [6, 6.07) is 16.5. The van der Waals surface area contributed by atoms with Crippen molar-refractivity contribution < 1.29 is 9.34 Å². The molecule has 0 saturated carbocycles. The highest BCUT2D eigenvalue weighted by Gasteiger charge is 2.10. The number of nitrogens with zero attached hydrogens (tertiary/aromatic N) is 2. The summed E-state index contributed by atoms with van der Waals surface area (Å²) in [7, 11) is 0. The number of rotatable bonds is 3.